The van der Waals surface area contributed by atoms with E-state index in [1.54, 1.807) is 13.0 Å². The van der Waals surface area contributed by atoms with Crippen LogP contribution in [0.2, 0.25) is 0 Å². The van der Waals surface area contributed by atoms with Crippen LogP contribution in [0.15, 0.2) is 60.8 Å². The van der Waals surface area contributed by atoms with E-state index in [0.717, 1.165) is 67.3 Å². The molecule has 1 saturated heterocycles. The van der Waals surface area contributed by atoms with Crippen LogP contribution in [-0.4, -0.2) is 69.8 Å². The molecule has 10 heteroatoms. The maximum Gasteiger partial charge on any atom is 0.342 e. The smallest absolute Gasteiger partial charge is 0.342 e. The van der Waals surface area contributed by atoms with Crippen LogP contribution in [-0.2, 0) is 17.9 Å². The predicted octanol–water partition coefficient (Wildman–Crippen LogP) is 5.29. The summed E-state index contributed by atoms with van der Waals surface area (Å²) in [6.07, 6.45) is 3.41. The van der Waals surface area contributed by atoms with Crippen LogP contribution in [0, 0.1) is 6.92 Å². The van der Waals surface area contributed by atoms with Crippen molar-refractivity contribution in [2.75, 3.05) is 33.0 Å². The molecule has 1 fully saturated rings. The van der Waals surface area contributed by atoms with Gasteiger partial charge >= 0.3 is 5.97 Å². The maximum atomic E-state index is 11.7. The summed E-state index contributed by atoms with van der Waals surface area (Å²) in [5.41, 5.74) is 4.67. The lowest BCUT2D eigenvalue weighted by Gasteiger charge is -2.32. The van der Waals surface area contributed by atoms with Crippen molar-refractivity contribution in [2.24, 2.45) is 0 Å². The van der Waals surface area contributed by atoms with Gasteiger partial charge in [-0.15, -0.1) is 0 Å². The zero-order valence-corrected chi connectivity index (χ0v) is 24.5. The maximum absolute atomic E-state index is 11.7. The number of para-hydroxylation sites is 1. The van der Waals surface area contributed by atoms with E-state index in [9.17, 15) is 9.90 Å². The van der Waals surface area contributed by atoms with Crippen molar-refractivity contribution in [2.45, 2.75) is 45.9 Å². The van der Waals surface area contributed by atoms with Gasteiger partial charge in [0.2, 0.25) is 5.88 Å². The number of aromatic carboxylic acids is 1. The lowest BCUT2D eigenvalue weighted by Crippen LogP contribution is -2.40. The van der Waals surface area contributed by atoms with Gasteiger partial charge in [-0.1, -0.05) is 30.3 Å². The topological polar surface area (TPSA) is 108 Å². The average molecular weight is 585 g/mol. The van der Waals surface area contributed by atoms with Gasteiger partial charge < -0.3 is 24.1 Å². The fourth-order valence-electron chi connectivity index (χ4n) is 5.70. The Kier molecular flexibility index (Phi) is 8.57. The second kappa shape index (κ2) is 12.8. The van der Waals surface area contributed by atoms with Gasteiger partial charge in [0.15, 0.2) is 5.82 Å². The first-order valence-corrected chi connectivity index (χ1v) is 14.7. The monoisotopic (exact) mass is 584 g/mol. The van der Waals surface area contributed by atoms with Gasteiger partial charge in [-0.05, 0) is 62.1 Å². The Bertz CT molecular complexity index is 1600. The summed E-state index contributed by atoms with van der Waals surface area (Å²) in [4.78, 5) is 19.0. The molecule has 6 rings (SSSR count). The largest absolute Gasteiger partial charge is 0.492 e. The summed E-state index contributed by atoms with van der Waals surface area (Å²) in [6.45, 7) is 8.57. The third-order valence-electron chi connectivity index (χ3n) is 7.91. The molecule has 0 atom stereocenters. The summed E-state index contributed by atoms with van der Waals surface area (Å²) < 4.78 is 25.2. The molecule has 2 aromatic heterocycles. The first-order valence-electron chi connectivity index (χ1n) is 14.7. The molecule has 224 valence electrons. The van der Waals surface area contributed by atoms with Gasteiger partial charge in [-0.25, -0.2) is 9.78 Å². The molecule has 2 aliphatic heterocycles. The summed E-state index contributed by atoms with van der Waals surface area (Å²) >= 11 is 0. The lowest BCUT2D eigenvalue weighted by atomic mass is 10.0. The van der Waals surface area contributed by atoms with Gasteiger partial charge in [-0.2, -0.15) is 9.78 Å². The second-order valence-corrected chi connectivity index (χ2v) is 10.7. The molecule has 0 bridgehead atoms. The molecule has 0 saturated carbocycles. The molecule has 1 N–H and O–H groups in total. The molecule has 10 nitrogen and oxygen atoms in total. The first-order chi connectivity index (χ1) is 21.0. The number of hydrogen-bond acceptors (Lipinski definition) is 8. The minimum Gasteiger partial charge on any atom is -0.492 e. The summed E-state index contributed by atoms with van der Waals surface area (Å²) in [5, 5.41) is 13.8. The first kappa shape index (κ1) is 28.7. The quantitative estimate of drug-likeness (QED) is 0.281. The number of carboxylic acids is 1. The number of carboxylic acid groups (broad SMARTS) is 1. The van der Waals surface area contributed by atoms with Gasteiger partial charge in [0.05, 0.1) is 18.5 Å². The zero-order valence-electron chi connectivity index (χ0n) is 24.5. The van der Waals surface area contributed by atoms with E-state index in [-0.39, 0.29) is 11.4 Å². The van der Waals surface area contributed by atoms with E-state index in [1.807, 2.05) is 37.3 Å². The number of nitrogens with zero attached hydrogens (tertiary/aromatic N) is 4. The molecule has 2 aromatic carbocycles. The fourth-order valence-corrected chi connectivity index (χ4v) is 5.70. The van der Waals surface area contributed by atoms with Crippen LogP contribution in [0.4, 0.5) is 0 Å². The Morgan fingerprint density at radius 2 is 1.91 bits per heavy atom. The van der Waals surface area contributed by atoms with Crippen LogP contribution < -0.4 is 14.2 Å². The van der Waals surface area contributed by atoms with E-state index in [2.05, 4.69) is 28.2 Å². The lowest BCUT2D eigenvalue weighted by molar-refractivity contribution is 0.0294. The van der Waals surface area contributed by atoms with Crippen LogP contribution in [0.25, 0.3) is 17.1 Å². The molecule has 4 heterocycles. The third kappa shape index (κ3) is 6.21. The van der Waals surface area contributed by atoms with Crippen molar-refractivity contribution in [1.29, 1.82) is 0 Å². The number of aromatic nitrogens is 3. The summed E-state index contributed by atoms with van der Waals surface area (Å²) in [7, 11) is 0. The van der Waals surface area contributed by atoms with Crippen LogP contribution in [0.3, 0.4) is 0 Å². The summed E-state index contributed by atoms with van der Waals surface area (Å²) in [6, 6.07) is 18.3. The molecule has 43 heavy (non-hydrogen) atoms. The number of rotatable bonds is 9. The highest BCUT2D eigenvalue weighted by Gasteiger charge is 2.25. The van der Waals surface area contributed by atoms with Gasteiger partial charge in [-0.3, -0.25) is 4.90 Å². The zero-order chi connectivity index (χ0) is 29.8. The SMILES string of the molecule is CCOc1c(C(=O)O)cnn1-c1cccc(-c2cccc(C)c2OCc2ccc3c(c2)OCCN(C2CCOCC2)C3)n1. The highest BCUT2D eigenvalue weighted by atomic mass is 16.5. The summed E-state index contributed by atoms with van der Waals surface area (Å²) in [5.74, 6) is 1.12. The number of carbonyl (C=O) groups is 1. The number of hydrogen-bond donors (Lipinski definition) is 1. The highest BCUT2D eigenvalue weighted by Crippen LogP contribution is 2.34. The number of aryl methyl sites for hydroxylation is 1. The van der Waals surface area contributed by atoms with Crippen LogP contribution >= 0.6 is 0 Å². The molecule has 0 amide bonds. The number of fused-ring (bicyclic) bond motifs is 1. The third-order valence-corrected chi connectivity index (χ3v) is 7.91. The average Bonchev–Trinajstić information content (AvgIpc) is 3.33. The Labute approximate surface area is 250 Å². The molecule has 0 aliphatic carbocycles. The van der Waals surface area contributed by atoms with E-state index in [4.69, 9.17) is 23.9 Å². The standard InChI is InChI=1S/C33H36N4O6/c1-3-41-32-27(33(38)39)19-34-37(32)30-9-5-8-28(35-30)26-7-4-6-22(2)31(26)43-21-23-10-11-24-20-36(14-17-42-29(24)18-23)25-12-15-40-16-13-25/h4-11,18-19,25H,3,12-17,20-21H2,1-2H3,(H,38,39). The number of pyridine rings is 1. The van der Waals surface area contributed by atoms with Crippen molar-refractivity contribution < 1.29 is 28.8 Å². The van der Waals surface area contributed by atoms with E-state index in [0.29, 0.717) is 37.4 Å². The van der Waals surface area contributed by atoms with Crippen molar-refractivity contribution in [3.63, 3.8) is 0 Å². The predicted molar refractivity (Wildman–Crippen MR) is 160 cm³/mol. The Hall–Kier alpha value is -4.41. The molecule has 0 unspecified atom stereocenters. The Morgan fingerprint density at radius 3 is 2.72 bits per heavy atom. The van der Waals surface area contributed by atoms with E-state index >= 15 is 0 Å². The van der Waals surface area contributed by atoms with Crippen molar-refractivity contribution in [1.82, 2.24) is 19.7 Å². The minimum absolute atomic E-state index is 0.0188. The van der Waals surface area contributed by atoms with Gasteiger partial charge in [0.1, 0.15) is 30.3 Å². The van der Waals surface area contributed by atoms with Crippen molar-refractivity contribution in [3.05, 3.63) is 83.0 Å². The number of ether oxygens (including phenoxy) is 4. The van der Waals surface area contributed by atoms with E-state index in [1.165, 1.54) is 16.4 Å². The molecule has 0 spiro atoms. The second-order valence-electron chi connectivity index (χ2n) is 10.7. The Morgan fingerprint density at radius 1 is 1.07 bits per heavy atom. The molecular weight excluding hydrogens is 548 g/mol. The van der Waals surface area contributed by atoms with Gasteiger partial charge in [0.25, 0.3) is 0 Å². The van der Waals surface area contributed by atoms with E-state index < -0.39 is 5.97 Å². The molecule has 2 aliphatic rings. The fraction of sp³-hybridized carbons (Fsp3) is 0.364. The molecule has 0 radical (unpaired) electrons. The number of benzene rings is 2. The van der Waals surface area contributed by atoms with Crippen LogP contribution in [0.5, 0.6) is 17.4 Å². The van der Waals surface area contributed by atoms with Crippen LogP contribution in [0.1, 0.15) is 46.8 Å². The van der Waals surface area contributed by atoms with Crippen molar-refractivity contribution >= 4 is 5.97 Å². The molecular formula is C33H36N4O6. The normalized spacial score (nSPS) is 15.8. The minimum atomic E-state index is -1.11. The molecule has 4 aromatic rings. The Balaban J connectivity index is 1.23. The van der Waals surface area contributed by atoms with Gasteiger partial charge in [0, 0.05) is 43.5 Å². The van der Waals surface area contributed by atoms with Crippen molar-refractivity contribution in [3.8, 4) is 34.5 Å². The highest BCUT2D eigenvalue weighted by molar-refractivity contribution is 5.90.